The molecular weight excluding hydrogens is 316 g/mol. The van der Waals surface area contributed by atoms with Gasteiger partial charge in [-0.2, -0.15) is 0 Å². The Kier molecular flexibility index (Phi) is 6.05. The van der Waals surface area contributed by atoms with Gasteiger partial charge in [0.05, 0.1) is 0 Å². The van der Waals surface area contributed by atoms with E-state index >= 15 is 0 Å². The van der Waals surface area contributed by atoms with Crippen LogP contribution in [-0.2, 0) is 0 Å². The molecule has 4 heteroatoms. The molecule has 1 aromatic carbocycles. The van der Waals surface area contributed by atoms with E-state index in [0.29, 0.717) is 6.04 Å². The monoisotopic (exact) mass is 338 g/mol. The predicted octanol–water partition coefficient (Wildman–Crippen LogP) is 3.44. The van der Waals surface area contributed by atoms with E-state index in [9.17, 15) is 4.79 Å². The molecule has 2 rings (SSSR count). The fourth-order valence-electron chi connectivity index (χ4n) is 2.70. The first-order valence-corrected chi connectivity index (χ1v) is 8.28. The number of amides is 1. The number of nitrogens with zero attached hydrogens (tertiary/aromatic N) is 1. The summed E-state index contributed by atoms with van der Waals surface area (Å²) in [6.45, 7) is 4.84. The van der Waals surface area contributed by atoms with Gasteiger partial charge in [0.25, 0.3) is 5.91 Å². The Morgan fingerprint density at radius 2 is 2.30 bits per heavy atom. The number of nitrogens with one attached hydrogen (secondary N) is 1. The number of rotatable bonds is 5. The van der Waals surface area contributed by atoms with Crippen molar-refractivity contribution in [1.82, 2.24) is 10.2 Å². The molecule has 0 radical (unpaired) electrons. The Morgan fingerprint density at radius 3 is 2.95 bits per heavy atom. The highest BCUT2D eigenvalue weighted by atomic mass is 79.9. The van der Waals surface area contributed by atoms with Crippen LogP contribution in [0.2, 0.25) is 0 Å². The number of benzene rings is 1. The maximum absolute atomic E-state index is 12.6. The van der Waals surface area contributed by atoms with Crippen molar-refractivity contribution in [2.24, 2.45) is 0 Å². The third-order valence-corrected chi connectivity index (χ3v) is 4.20. The first kappa shape index (κ1) is 15.5. The Balaban J connectivity index is 2.04. The minimum Gasteiger partial charge on any atom is -0.337 e. The van der Waals surface area contributed by atoms with Gasteiger partial charge in [-0.3, -0.25) is 4.79 Å². The van der Waals surface area contributed by atoms with E-state index in [1.165, 1.54) is 19.3 Å². The molecule has 1 aliphatic rings. The molecule has 0 spiro atoms. The number of hydrogen-bond acceptors (Lipinski definition) is 2. The number of carbonyl (C=O) groups is 1. The summed E-state index contributed by atoms with van der Waals surface area (Å²) in [5.41, 5.74) is 0.767. The standard InChI is InChI=1S/C16H23BrN2O/c1-2-10-19(12-15-8-3-4-9-18-15)16(20)13-6-5-7-14(17)11-13/h5-7,11,15,18H,2-4,8-10,12H2,1H3. The van der Waals surface area contributed by atoms with Crippen molar-refractivity contribution in [2.75, 3.05) is 19.6 Å². The van der Waals surface area contributed by atoms with Crippen molar-refractivity contribution in [1.29, 1.82) is 0 Å². The van der Waals surface area contributed by atoms with E-state index < -0.39 is 0 Å². The maximum Gasteiger partial charge on any atom is 0.253 e. The van der Waals surface area contributed by atoms with Crippen LogP contribution in [0.25, 0.3) is 0 Å². The summed E-state index contributed by atoms with van der Waals surface area (Å²) in [5, 5.41) is 3.52. The lowest BCUT2D eigenvalue weighted by Crippen LogP contribution is -2.46. The molecule has 110 valence electrons. The summed E-state index contributed by atoms with van der Waals surface area (Å²) in [6, 6.07) is 8.11. The van der Waals surface area contributed by atoms with E-state index in [1.807, 2.05) is 29.2 Å². The van der Waals surface area contributed by atoms with Crippen molar-refractivity contribution < 1.29 is 4.79 Å². The van der Waals surface area contributed by atoms with Crippen molar-refractivity contribution in [3.63, 3.8) is 0 Å². The fourth-order valence-corrected chi connectivity index (χ4v) is 3.09. The van der Waals surface area contributed by atoms with Gasteiger partial charge in [0.2, 0.25) is 0 Å². The van der Waals surface area contributed by atoms with E-state index in [4.69, 9.17) is 0 Å². The maximum atomic E-state index is 12.6. The second-order valence-electron chi connectivity index (χ2n) is 5.41. The minimum atomic E-state index is 0.139. The summed E-state index contributed by atoms with van der Waals surface area (Å²) in [6.07, 6.45) is 4.69. The first-order valence-electron chi connectivity index (χ1n) is 7.49. The number of hydrogen-bond donors (Lipinski definition) is 1. The highest BCUT2D eigenvalue weighted by molar-refractivity contribution is 9.10. The molecule has 0 bridgehead atoms. The van der Waals surface area contributed by atoms with Gasteiger partial charge in [0.15, 0.2) is 0 Å². The normalized spacial score (nSPS) is 18.8. The first-order chi connectivity index (χ1) is 9.70. The lowest BCUT2D eigenvalue weighted by Gasteiger charge is -2.30. The van der Waals surface area contributed by atoms with Crippen molar-refractivity contribution in [3.8, 4) is 0 Å². The number of halogens is 1. The zero-order valence-electron chi connectivity index (χ0n) is 12.1. The van der Waals surface area contributed by atoms with E-state index in [0.717, 1.165) is 36.1 Å². The van der Waals surface area contributed by atoms with Crippen molar-refractivity contribution >= 4 is 21.8 Å². The van der Waals surface area contributed by atoms with Crippen LogP contribution in [0.3, 0.4) is 0 Å². The van der Waals surface area contributed by atoms with Gasteiger partial charge >= 0.3 is 0 Å². The van der Waals surface area contributed by atoms with Gasteiger partial charge in [-0.05, 0) is 44.0 Å². The van der Waals surface area contributed by atoms with Crippen molar-refractivity contribution in [3.05, 3.63) is 34.3 Å². The Morgan fingerprint density at radius 1 is 1.45 bits per heavy atom. The summed E-state index contributed by atoms with van der Waals surface area (Å²) >= 11 is 3.43. The Labute approximate surface area is 129 Å². The quantitative estimate of drug-likeness (QED) is 0.891. The van der Waals surface area contributed by atoms with Crippen LogP contribution in [0, 0.1) is 0 Å². The second kappa shape index (κ2) is 7.79. The molecule has 0 aromatic heterocycles. The molecule has 1 atom stereocenters. The molecule has 1 unspecified atom stereocenters. The molecule has 0 saturated carbocycles. The Hall–Kier alpha value is -0.870. The van der Waals surface area contributed by atoms with Crippen LogP contribution >= 0.6 is 15.9 Å². The van der Waals surface area contributed by atoms with Crippen LogP contribution in [0.1, 0.15) is 43.0 Å². The smallest absolute Gasteiger partial charge is 0.253 e. The lowest BCUT2D eigenvalue weighted by molar-refractivity contribution is 0.0731. The van der Waals surface area contributed by atoms with Gasteiger partial charge < -0.3 is 10.2 Å². The minimum absolute atomic E-state index is 0.139. The molecule has 1 amide bonds. The van der Waals surface area contributed by atoms with Crippen molar-refractivity contribution in [2.45, 2.75) is 38.6 Å². The second-order valence-corrected chi connectivity index (χ2v) is 6.32. The average molecular weight is 339 g/mol. The van der Waals surface area contributed by atoms with E-state index in [-0.39, 0.29) is 5.91 Å². The van der Waals surface area contributed by atoms with Gasteiger partial charge in [-0.25, -0.2) is 0 Å². The van der Waals surface area contributed by atoms with Crippen LogP contribution in [0.15, 0.2) is 28.7 Å². The molecule has 20 heavy (non-hydrogen) atoms. The molecule has 0 aliphatic carbocycles. The van der Waals surface area contributed by atoms with Gasteiger partial charge in [0, 0.05) is 29.2 Å². The SMILES string of the molecule is CCCN(CC1CCCCN1)C(=O)c1cccc(Br)c1. The molecule has 1 saturated heterocycles. The summed E-state index contributed by atoms with van der Waals surface area (Å²) in [5.74, 6) is 0.139. The highest BCUT2D eigenvalue weighted by Gasteiger charge is 2.21. The zero-order chi connectivity index (χ0) is 14.4. The molecule has 1 heterocycles. The predicted molar refractivity (Wildman–Crippen MR) is 86.0 cm³/mol. The van der Waals surface area contributed by atoms with Gasteiger partial charge in [0.1, 0.15) is 0 Å². The largest absolute Gasteiger partial charge is 0.337 e. The molecule has 1 fully saturated rings. The average Bonchev–Trinajstić information content (AvgIpc) is 2.47. The number of carbonyl (C=O) groups excluding carboxylic acids is 1. The molecular formula is C16H23BrN2O. The van der Waals surface area contributed by atoms with Gasteiger partial charge in [-0.15, -0.1) is 0 Å². The van der Waals surface area contributed by atoms with Gasteiger partial charge in [-0.1, -0.05) is 35.3 Å². The lowest BCUT2D eigenvalue weighted by atomic mass is 10.0. The third-order valence-electron chi connectivity index (χ3n) is 3.71. The third kappa shape index (κ3) is 4.32. The van der Waals surface area contributed by atoms with Crippen LogP contribution in [0.5, 0.6) is 0 Å². The molecule has 1 aliphatic heterocycles. The van der Waals surface area contributed by atoms with Crippen LogP contribution in [0.4, 0.5) is 0 Å². The molecule has 3 nitrogen and oxygen atoms in total. The zero-order valence-corrected chi connectivity index (χ0v) is 13.7. The Bertz CT molecular complexity index is 444. The van der Waals surface area contributed by atoms with E-state index in [1.54, 1.807) is 0 Å². The topological polar surface area (TPSA) is 32.3 Å². The van der Waals surface area contributed by atoms with E-state index in [2.05, 4.69) is 28.2 Å². The van der Waals surface area contributed by atoms with Crippen LogP contribution in [-0.4, -0.2) is 36.5 Å². The summed E-state index contributed by atoms with van der Waals surface area (Å²) < 4.78 is 0.954. The fraction of sp³-hybridized carbons (Fsp3) is 0.562. The molecule has 1 N–H and O–H groups in total. The van der Waals surface area contributed by atoms with Crippen LogP contribution < -0.4 is 5.32 Å². The number of piperidine rings is 1. The summed E-state index contributed by atoms with van der Waals surface area (Å²) in [7, 11) is 0. The highest BCUT2D eigenvalue weighted by Crippen LogP contribution is 2.15. The molecule has 1 aromatic rings. The summed E-state index contributed by atoms with van der Waals surface area (Å²) in [4.78, 5) is 14.6.